The first-order valence-electron chi connectivity index (χ1n) is 12.9. The highest BCUT2D eigenvalue weighted by Gasteiger charge is 2.31. The second kappa shape index (κ2) is 8.19. The molecule has 0 unspecified atom stereocenters. The van der Waals surface area contributed by atoms with Crippen LogP contribution >= 0.6 is 0 Å². The number of nitrogens with zero attached hydrogens (tertiary/aromatic N) is 8. The summed E-state index contributed by atoms with van der Waals surface area (Å²) in [5.74, 6) is 2.14. The minimum atomic E-state index is 0.00903. The van der Waals surface area contributed by atoms with E-state index in [1.54, 1.807) is 0 Å². The van der Waals surface area contributed by atoms with Crippen molar-refractivity contribution in [2.24, 2.45) is 0 Å². The lowest BCUT2D eigenvalue weighted by molar-refractivity contribution is 0.00396. The summed E-state index contributed by atoms with van der Waals surface area (Å²) in [5, 5.41) is 4.57. The Morgan fingerprint density at radius 2 is 1.83 bits per heavy atom. The molecule has 1 saturated heterocycles. The summed E-state index contributed by atoms with van der Waals surface area (Å²) in [6.07, 6.45) is 13.8. The Morgan fingerprint density at radius 3 is 2.69 bits per heavy atom. The summed E-state index contributed by atoms with van der Waals surface area (Å²) in [6, 6.07) is 0.570. The zero-order valence-electron chi connectivity index (χ0n) is 20.3. The third-order valence-electron chi connectivity index (χ3n) is 7.67. The zero-order chi connectivity index (χ0) is 23.5. The average molecular weight is 471 g/mol. The fourth-order valence-corrected chi connectivity index (χ4v) is 5.34. The maximum Gasteiger partial charge on any atom is 0.182 e. The van der Waals surface area contributed by atoms with Crippen LogP contribution in [-0.4, -0.2) is 45.9 Å². The highest BCUT2D eigenvalue weighted by Crippen LogP contribution is 2.39. The van der Waals surface area contributed by atoms with Gasteiger partial charge in [0.25, 0.3) is 0 Å². The number of ether oxygens (including phenoxy) is 1. The van der Waals surface area contributed by atoms with Gasteiger partial charge < -0.3 is 9.30 Å². The van der Waals surface area contributed by atoms with Crippen molar-refractivity contribution in [2.45, 2.75) is 83.4 Å². The fraction of sp³-hybridized carbons (Fsp3) is 0.538. The summed E-state index contributed by atoms with van der Waals surface area (Å²) in [7, 11) is 0. The maximum atomic E-state index is 6.17. The molecule has 4 aromatic heterocycles. The van der Waals surface area contributed by atoms with Crippen LogP contribution in [0.2, 0.25) is 0 Å². The van der Waals surface area contributed by atoms with E-state index in [0.29, 0.717) is 18.3 Å². The van der Waals surface area contributed by atoms with Gasteiger partial charge in [0.05, 0.1) is 29.7 Å². The van der Waals surface area contributed by atoms with E-state index in [4.69, 9.17) is 29.7 Å². The zero-order valence-corrected chi connectivity index (χ0v) is 20.3. The Morgan fingerprint density at radius 1 is 0.943 bits per heavy atom. The fourth-order valence-electron chi connectivity index (χ4n) is 5.34. The van der Waals surface area contributed by atoms with Gasteiger partial charge in [-0.2, -0.15) is 5.10 Å². The molecule has 0 amide bonds. The number of rotatable bonds is 4. The SMILES string of the molecule is Cc1nc2nc([C@H]3CCO[C@@H](c4cnn(C5CC5)c4)C3)nc(-c3cn4c(n3)CCCC4)c2nc1C. The molecule has 35 heavy (non-hydrogen) atoms. The van der Waals surface area contributed by atoms with Crippen LogP contribution in [0.4, 0.5) is 0 Å². The number of hydrogen-bond donors (Lipinski definition) is 0. The topological polar surface area (TPSA) is 96.4 Å². The molecule has 3 aliphatic rings. The molecule has 0 aromatic carbocycles. The third kappa shape index (κ3) is 3.82. The number of aromatic nitrogens is 8. The van der Waals surface area contributed by atoms with E-state index in [1.807, 2.05) is 20.0 Å². The van der Waals surface area contributed by atoms with Gasteiger partial charge in [-0.05, 0) is 52.4 Å². The van der Waals surface area contributed by atoms with E-state index in [2.05, 4.69) is 26.7 Å². The molecular formula is C26H30N8O. The first kappa shape index (κ1) is 21.1. The highest BCUT2D eigenvalue weighted by atomic mass is 16.5. The Balaban J connectivity index is 1.28. The molecule has 0 N–H and O–H groups in total. The summed E-state index contributed by atoms with van der Waals surface area (Å²) >= 11 is 0. The Labute approximate surface area is 204 Å². The Bertz CT molecular complexity index is 1390. The molecule has 9 nitrogen and oxygen atoms in total. The normalized spacial score (nSPS) is 22.5. The molecule has 1 aliphatic carbocycles. The Kier molecular flexibility index (Phi) is 4.94. The van der Waals surface area contributed by atoms with Crippen molar-refractivity contribution in [1.29, 1.82) is 0 Å². The molecule has 0 spiro atoms. The van der Waals surface area contributed by atoms with Crippen LogP contribution in [0.25, 0.3) is 22.6 Å². The second-order valence-electron chi connectivity index (χ2n) is 10.3. The van der Waals surface area contributed by atoms with Gasteiger partial charge in [0, 0.05) is 43.4 Å². The molecule has 6 heterocycles. The van der Waals surface area contributed by atoms with Crippen molar-refractivity contribution in [3.8, 4) is 11.4 Å². The number of aryl methyl sites for hydroxylation is 4. The van der Waals surface area contributed by atoms with E-state index in [0.717, 1.165) is 71.3 Å². The van der Waals surface area contributed by atoms with Gasteiger partial charge >= 0.3 is 0 Å². The average Bonchev–Trinajstić information content (AvgIpc) is 3.44. The first-order chi connectivity index (χ1) is 17.1. The van der Waals surface area contributed by atoms with Crippen LogP contribution in [0.3, 0.4) is 0 Å². The van der Waals surface area contributed by atoms with Crippen molar-refractivity contribution in [1.82, 2.24) is 39.3 Å². The van der Waals surface area contributed by atoms with Crippen molar-refractivity contribution < 1.29 is 4.74 Å². The molecule has 2 aliphatic heterocycles. The lowest BCUT2D eigenvalue weighted by Crippen LogP contribution is -2.20. The molecule has 2 atom stereocenters. The standard InChI is InChI=1S/C26H30N8O/c1-15-16(2)29-26-24(28-15)23(20-14-33-9-4-3-5-22(33)30-20)31-25(32-26)17-8-10-35-21(11-17)18-12-27-34(13-18)19-6-7-19/h12-14,17,19,21H,3-11H2,1-2H3/t17-,21+/m0/s1. The second-order valence-corrected chi connectivity index (χ2v) is 10.3. The molecule has 9 heteroatoms. The largest absolute Gasteiger partial charge is 0.373 e. The van der Waals surface area contributed by atoms with Crippen LogP contribution in [0.1, 0.15) is 85.2 Å². The molecule has 4 aromatic rings. The molecule has 7 rings (SSSR count). The minimum absolute atomic E-state index is 0.00903. The van der Waals surface area contributed by atoms with Crippen molar-refractivity contribution >= 4 is 11.2 Å². The van der Waals surface area contributed by atoms with Gasteiger partial charge in [-0.1, -0.05) is 0 Å². The monoisotopic (exact) mass is 470 g/mol. The first-order valence-corrected chi connectivity index (χ1v) is 12.9. The summed E-state index contributed by atoms with van der Waals surface area (Å²) in [6.45, 7) is 5.67. The highest BCUT2D eigenvalue weighted by molar-refractivity contribution is 5.85. The van der Waals surface area contributed by atoms with Crippen molar-refractivity contribution in [2.75, 3.05) is 6.61 Å². The third-order valence-corrected chi connectivity index (χ3v) is 7.67. The van der Waals surface area contributed by atoms with Gasteiger partial charge in [0.1, 0.15) is 28.6 Å². The van der Waals surface area contributed by atoms with Gasteiger partial charge in [-0.3, -0.25) is 4.68 Å². The van der Waals surface area contributed by atoms with Gasteiger partial charge in [0.15, 0.2) is 5.65 Å². The predicted molar refractivity (Wildman–Crippen MR) is 130 cm³/mol. The van der Waals surface area contributed by atoms with Crippen LogP contribution in [0.5, 0.6) is 0 Å². The Hall–Kier alpha value is -3.20. The number of fused-ring (bicyclic) bond motifs is 2. The van der Waals surface area contributed by atoms with E-state index < -0.39 is 0 Å². The molecule has 180 valence electrons. The summed E-state index contributed by atoms with van der Waals surface area (Å²) in [4.78, 5) is 24.7. The van der Waals surface area contributed by atoms with Crippen LogP contribution in [0.15, 0.2) is 18.6 Å². The van der Waals surface area contributed by atoms with E-state index in [1.165, 1.54) is 25.7 Å². The van der Waals surface area contributed by atoms with Crippen LogP contribution in [0, 0.1) is 13.8 Å². The number of imidazole rings is 1. The molecule has 2 fully saturated rings. The lowest BCUT2D eigenvalue weighted by atomic mass is 9.92. The summed E-state index contributed by atoms with van der Waals surface area (Å²) < 4.78 is 10.5. The number of hydrogen-bond acceptors (Lipinski definition) is 7. The lowest BCUT2D eigenvalue weighted by Gasteiger charge is -2.28. The molecule has 1 saturated carbocycles. The van der Waals surface area contributed by atoms with Gasteiger partial charge in [0.2, 0.25) is 0 Å². The van der Waals surface area contributed by atoms with Crippen LogP contribution in [-0.2, 0) is 17.7 Å². The molecule has 0 radical (unpaired) electrons. The smallest absolute Gasteiger partial charge is 0.182 e. The van der Waals surface area contributed by atoms with Crippen molar-refractivity contribution in [3.05, 3.63) is 47.2 Å². The maximum absolute atomic E-state index is 6.17. The van der Waals surface area contributed by atoms with E-state index in [-0.39, 0.29) is 12.0 Å². The van der Waals surface area contributed by atoms with E-state index in [9.17, 15) is 0 Å². The molecule has 0 bridgehead atoms. The van der Waals surface area contributed by atoms with Gasteiger partial charge in [-0.25, -0.2) is 24.9 Å². The minimum Gasteiger partial charge on any atom is -0.373 e. The van der Waals surface area contributed by atoms with Crippen LogP contribution < -0.4 is 0 Å². The van der Waals surface area contributed by atoms with E-state index >= 15 is 0 Å². The van der Waals surface area contributed by atoms with Crippen molar-refractivity contribution in [3.63, 3.8) is 0 Å². The predicted octanol–water partition coefficient (Wildman–Crippen LogP) is 4.40. The quantitative estimate of drug-likeness (QED) is 0.436. The van der Waals surface area contributed by atoms with Gasteiger partial charge in [-0.15, -0.1) is 0 Å². The molecular weight excluding hydrogens is 440 g/mol. The summed E-state index contributed by atoms with van der Waals surface area (Å²) in [5.41, 5.74) is 6.02.